The van der Waals surface area contributed by atoms with Crippen molar-refractivity contribution in [3.05, 3.63) is 28.8 Å². The zero-order valence-electron chi connectivity index (χ0n) is 9.74. The number of rotatable bonds is 5. The summed E-state index contributed by atoms with van der Waals surface area (Å²) < 4.78 is 0. The first kappa shape index (κ1) is 13.8. The van der Waals surface area contributed by atoms with Crippen molar-refractivity contribution in [2.45, 2.75) is 25.8 Å². The summed E-state index contributed by atoms with van der Waals surface area (Å²) in [5, 5.41) is 12.1. The minimum atomic E-state index is -0.259. The van der Waals surface area contributed by atoms with Crippen LogP contribution < -0.4 is 11.1 Å². The normalized spacial score (nSPS) is 12.2. The van der Waals surface area contributed by atoms with E-state index in [2.05, 4.69) is 5.32 Å². The van der Waals surface area contributed by atoms with Crippen LogP contribution in [0.15, 0.2) is 18.2 Å². The summed E-state index contributed by atoms with van der Waals surface area (Å²) >= 11 is 5.82. The van der Waals surface area contributed by atoms with Gasteiger partial charge in [0.05, 0.1) is 5.56 Å². The van der Waals surface area contributed by atoms with Crippen molar-refractivity contribution in [2.75, 3.05) is 12.3 Å². The molecule has 0 aliphatic heterocycles. The number of nitrogens with one attached hydrogen (secondary N) is 1. The third-order valence-electron chi connectivity index (χ3n) is 2.57. The molecule has 1 unspecified atom stereocenters. The second-order valence-corrected chi connectivity index (χ2v) is 4.26. The van der Waals surface area contributed by atoms with E-state index in [0.29, 0.717) is 22.7 Å². The van der Waals surface area contributed by atoms with Crippen molar-refractivity contribution in [1.29, 1.82) is 0 Å². The molecule has 1 rings (SSSR count). The van der Waals surface area contributed by atoms with Gasteiger partial charge in [0.2, 0.25) is 0 Å². The van der Waals surface area contributed by atoms with Gasteiger partial charge >= 0.3 is 0 Å². The molecule has 0 saturated carbocycles. The predicted octanol–water partition coefficient (Wildman–Crippen LogP) is 1.81. The van der Waals surface area contributed by atoms with Crippen molar-refractivity contribution in [3.63, 3.8) is 0 Å². The Hall–Kier alpha value is -1.26. The highest BCUT2D eigenvalue weighted by Crippen LogP contribution is 2.18. The van der Waals surface area contributed by atoms with Gasteiger partial charge in [-0.3, -0.25) is 4.79 Å². The van der Waals surface area contributed by atoms with Gasteiger partial charge in [0, 0.05) is 23.4 Å². The summed E-state index contributed by atoms with van der Waals surface area (Å²) in [5.74, 6) is -0.259. The molecular formula is C12H17ClN2O2. The van der Waals surface area contributed by atoms with Gasteiger partial charge in [-0.1, -0.05) is 18.5 Å². The van der Waals surface area contributed by atoms with Gasteiger partial charge in [0.15, 0.2) is 0 Å². The fourth-order valence-electron chi connectivity index (χ4n) is 1.52. The van der Waals surface area contributed by atoms with Gasteiger partial charge in [0.1, 0.15) is 0 Å². The average molecular weight is 257 g/mol. The van der Waals surface area contributed by atoms with E-state index in [9.17, 15) is 4.79 Å². The summed E-state index contributed by atoms with van der Waals surface area (Å²) in [5.41, 5.74) is 6.48. The molecule has 1 aromatic carbocycles. The fourth-order valence-corrected chi connectivity index (χ4v) is 1.69. The molecule has 1 amide bonds. The van der Waals surface area contributed by atoms with Gasteiger partial charge in [-0.2, -0.15) is 0 Å². The largest absolute Gasteiger partial charge is 0.398 e. The molecule has 0 heterocycles. The van der Waals surface area contributed by atoms with Crippen LogP contribution >= 0.6 is 11.6 Å². The fraction of sp³-hybridized carbons (Fsp3) is 0.417. The number of hydrogen-bond donors (Lipinski definition) is 3. The second kappa shape index (κ2) is 6.47. The summed E-state index contributed by atoms with van der Waals surface area (Å²) in [7, 11) is 0. The number of hydrogen-bond acceptors (Lipinski definition) is 3. The molecule has 0 fully saturated rings. The van der Waals surface area contributed by atoms with Crippen LogP contribution in [0.2, 0.25) is 5.02 Å². The predicted molar refractivity (Wildman–Crippen MR) is 69.1 cm³/mol. The molecule has 0 aromatic heterocycles. The SMILES string of the molecule is CCC(CCO)NC(=O)c1cc(Cl)ccc1N. The number of aliphatic hydroxyl groups is 1. The standard InChI is InChI=1S/C12H17ClN2O2/c1-2-9(5-6-16)15-12(17)10-7-8(13)3-4-11(10)14/h3-4,7,9,16H,2,5-6,14H2,1H3,(H,15,17). The van der Waals surface area contributed by atoms with Gasteiger partial charge in [-0.05, 0) is 31.0 Å². The Morgan fingerprint density at radius 2 is 2.29 bits per heavy atom. The quantitative estimate of drug-likeness (QED) is 0.704. The third-order valence-corrected chi connectivity index (χ3v) is 2.80. The molecule has 0 aliphatic rings. The number of halogens is 1. The monoisotopic (exact) mass is 256 g/mol. The molecule has 4 nitrogen and oxygen atoms in total. The molecule has 4 N–H and O–H groups in total. The Morgan fingerprint density at radius 1 is 1.59 bits per heavy atom. The Morgan fingerprint density at radius 3 is 2.88 bits per heavy atom. The van der Waals surface area contributed by atoms with Gasteiger partial charge in [-0.15, -0.1) is 0 Å². The number of amides is 1. The van der Waals surface area contributed by atoms with Crippen LogP contribution in [0.3, 0.4) is 0 Å². The van der Waals surface area contributed by atoms with Crippen molar-refractivity contribution in [2.24, 2.45) is 0 Å². The molecule has 1 aromatic rings. The lowest BCUT2D eigenvalue weighted by Gasteiger charge is -2.16. The lowest BCUT2D eigenvalue weighted by molar-refractivity contribution is 0.0930. The molecule has 0 aliphatic carbocycles. The minimum Gasteiger partial charge on any atom is -0.398 e. The summed E-state index contributed by atoms with van der Waals surface area (Å²) in [4.78, 5) is 11.9. The van der Waals surface area contributed by atoms with E-state index in [1.165, 1.54) is 6.07 Å². The van der Waals surface area contributed by atoms with Crippen LogP contribution in [-0.4, -0.2) is 23.7 Å². The number of nitrogens with two attached hydrogens (primary N) is 1. The first-order chi connectivity index (χ1) is 8.08. The molecule has 0 bridgehead atoms. The zero-order chi connectivity index (χ0) is 12.8. The molecule has 0 spiro atoms. The van der Waals surface area contributed by atoms with Crippen molar-refractivity contribution < 1.29 is 9.90 Å². The number of aliphatic hydroxyl groups excluding tert-OH is 1. The highest BCUT2D eigenvalue weighted by atomic mass is 35.5. The molecule has 1 atom stereocenters. The van der Waals surface area contributed by atoms with Crippen molar-refractivity contribution >= 4 is 23.2 Å². The van der Waals surface area contributed by atoms with Crippen LogP contribution in [0.4, 0.5) is 5.69 Å². The van der Waals surface area contributed by atoms with Crippen molar-refractivity contribution in [1.82, 2.24) is 5.32 Å². The third kappa shape index (κ3) is 3.91. The minimum absolute atomic E-state index is 0.0455. The Labute approximate surface area is 106 Å². The van der Waals surface area contributed by atoms with E-state index in [1.54, 1.807) is 12.1 Å². The Bertz CT molecular complexity index is 396. The molecule has 0 saturated heterocycles. The van der Waals surface area contributed by atoms with E-state index >= 15 is 0 Å². The van der Waals surface area contributed by atoms with Crippen molar-refractivity contribution in [3.8, 4) is 0 Å². The molecule has 94 valence electrons. The number of nitrogen functional groups attached to an aromatic ring is 1. The maximum Gasteiger partial charge on any atom is 0.253 e. The first-order valence-electron chi connectivity index (χ1n) is 5.55. The Kier molecular flexibility index (Phi) is 5.25. The van der Waals surface area contributed by atoms with Crippen LogP contribution in [0, 0.1) is 0 Å². The second-order valence-electron chi connectivity index (χ2n) is 3.82. The van der Waals surface area contributed by atoms with Crippen LogP contribution in [-0.2, 0) is 0 Å². The Balaban J connectivity index is 2.78. The topological polar surface area (TPSA) is 75.3 Å². The molecule has 5 heteroatoms. The summed E-state index contributed by atoms with van der Waals surface area (Å²) in [6.45, 7) is 1.99. The van der Waals surface area contributed by atoms with E-state index in [0.717, 1.165) is 6.42 Å². The molecular weight excluding hydrogens is 240 g/mol. The number of carbonyl (C=O) groups is 1. The highest BCUT2D eigenvalue weighted by molar-refractivity contribution is 6.31. The smallest absolute Gasteiger partial charge is 0.253 e. The number of carbonyl (C=O) groups excluding carboxylic acids is 1. The molecule has 0 radical (unpaired) electrons. The van der Waals surface area contributed by atoms with Gasteiger partial charge < -0.3 is 16.2 Å². The highest BCUT2D eigenvalue weighted by Gasteiger charge is 2.14. The lowest BCUT2D eigenvalue weighted by atomic mass is 10.1. The zero-order valence-corrected chi connectivity index (χ0v) is 10.5. The average Bonchev–Trinajstić information content (AvgIpc) is 2.31. The van der Waals surface area contributed by atoms with Crippen LogP contribution in [0.25, 0.3) is 0 Å². The summed E-state index contributed by atoms with van der Waals surface area (Å²) in [6.07, 6.45) is 1.29. The van der Waals surface area contributed by atoms with E-state index < -0.39 is 0 Å². The summed E-state index contributed by atoms with van der Waals surface area (Å²) in [6, 6.07) is 4.73. The molecule has 17 heavy (non-hydrogen) atoms. The van der Waals surface area contributed by atoms with Gasteiger partial charge in [0.25, 0.3) is 5.91 Å². The van der Waals surface area contributed by atoms with E-state index in [1.807, 2.05) is 6.92 Å². The van der Waals surface area contributed by atoms with Crippen LogP contribution in [0.1, 0.15) is 30.1 Å². The van der Waals surface area contributed by atoms with E-state index in [4.69, 9.17) is 22.4 Å². The lowest BCUT2D eigenvalue weighted by Crippen LogP contribution is -2.35. The van der Waals surface area contributed by atoms with Crippen LogP contribution in [0.5, 0.6) is 0 Å². The maximum atomic E-state index is 11.9. The van der Waals surface area contributed by atoms with Gasteiger partial charge in [-0.25, -0.2) is 0 Å². The maximum absolute atomic E-state index is 11.9. The first-order valence-corrected chi connectivity index (χ1v) is 5.93. The van der Waals surface area contributed by atoms with E-state index in [-0.39, 0.29) is 18.6 Å². The number of anilines is 1. The number of benzene rings is 1.